The molecule has 1 rings (SSSR count). The number of hydrogen-bond acceptors (Lipinski definition) is 3. The van der Waals surface area contributed by atoms with Crippen molar-refractivity contribution in [2.24, 2.45) is 0 Å². The van der Waals surface area contributed by atoms with Crippen LogP contribution in [0.1, 0.15) is 0 Å². The second-order valence-electron chi connectivity index (χ2n) is 2.70. The number of halogens is 1. The Labute approximate surface area is 90.2 Å². The first-order valence-electron chi connectivity index (χ1n) is 3.77. The van der Waals surface area contributed by atoms with Crippen molar-refractivity contribution in [3.63, 3.8) is 0 Å². The molecule has 0 aromatic heterocycles. The first kappa shape index (κ1) is 13.1. The highest BCUT2D eigenvalue weighted by Crippen LogP contribution is 2.13. The van der Waals surface area contributed by atoms with Crippen LogP contribution in [0.25, 0.3) is 0 Å². The molecule has 0 unspecified atom stereocenters. The van der Waals surface area contributed by atoms with Crippen molar-refractivity contribution in [3.05, 3.63) is 24.3 Å². The normalized spacial score (nSPS) is 10.1. The van der Waals surface area contributed by atoms with E-state index >= 15 is 0 Å². The average Bonchev–Trinajstić information content (AvgIpc) is 2.03. The van der Waals surface area contributed by atoms with Gasteiger partial charge < -0.3 is 5.32 Å². The van der Waals surface area contributed by atoms with Crippen LogP contribution in [-0.4, -0.2) is 21.7 Å². The van der Waals surface area contributed by atoms with Gasteiger partial charge in [-0.3, -0.25) is 4.72 Å². The molecule has 0 fully saturated rings. The Morgan fingerprint density at radius 2 is 1.50 bits per heavy atom. The number of rotatable bonds is 3. The summed E-state index contributed by atoms with van der Waals surface area (Å²) in [7, 11) is -1.36. The SMILES string of the molecule is CNc1ccc(NS(C)(=O)=O)cc1.Cl. The van der Waals surface area contributed by atoms with Crippen molar-refractivity contribution in [3.8, 4) is 0 Å². The van der Waals surface area contributed by atoms with Gasteiger partial charge in [-0.25, -0.2) is 8.42 Å². The van der Waals surface area contributed by atoms with Crippen molar-refractivity contribution in [2.45, 2.75) is 0 Å². The fourth-order valence-electron chi connectivity index (χ4n) is 0.919. The van der Waals surface area contributed by atoms with Crippen LogP contribution >= 0.6 is 12.4 Å². The predicted molar refractivity (Wildman–Crippen MR) is 61.7 cm³/mol. The molecule has 0 radical (unpaired) electrons. The molecule has 0 aliphatic carbocycles. The standard InChI is InChI=1S/C8H12N2O2S.ClH/c1-9-7-3-5-8(6-4-7)10-13(2,11)12;/h3-6,9-10H,1-2H3;1H. The summed E-state index contributed by atoms with van der Waals surface area (Å²) in [6, 6.07) is 7.00. The van der Waals surface area contributed by atoms with Crippen LogP contribution in [0.2, 0.25) is 0 Å². The monoisotopic (exact) mass is 236 g/mol. The van der Waals surface area contributed by atoms with Gasteiger partial charge in [-0.05, 0) is 24.3 Å². The van der Waals surface area contributed by atoms with Gasteiger partial charge >= 0.3 is 0 Å². The third-order valence-corrected chi connectivity index (χ3v) is 2.08. The minimum Gasteiger partial charge on any atom is -0.388 e. The van der Waals surface area contributed by atoms with Crippen LogP contribution in [0.4, 0.5) is 11.4 Å². The van der Waals surface area contributed by atoms with E-state index in [1.165, 1.54) is 0 Å². The summed E-state index contributed by atoms with van der Waals surface area (Å²) in [6.45, 7) is 0. The molecule has 0 aliphatic heterocycles. The molecule has 80 valence electrons. The fraction of sp³-hybridized carbons (Fsp3) is 0.250. The molecule has 0 atom stereocenters. The van der Waals surface area contributed by atoms with E-state index in [4.69, 9.17) is 0 Å². The number of hydrogen-bond donors (Lipinski definition) is 2. The molecule has 0 saturated heterocycles. The molecular weight excluding hydrogens is 224 g/mol. The Morgan fingerprint density at radius 1 is 1.07 bits per heavy atom. The van der Waals surface area contributed by atoms with Crippen LogP contribution in [0.3, 0.4) is 0 Å². The summed E-state index contributed by atoms with van der Waals surface area (Å²) < 4.78 is 24.0. The van der Waals surface area contributed by atoms with E-state index in [-0.39, 0.29) is 12.4 Å². The van der Waals surface area contributed by atoms with E-state index in [2.05, 4.69) is 10.0 Å². The summed E-state index contributed by atoms with van der Waals surface area (Å²) in [4.78, 5) is 0. The Kier molecular flexibility index (Phi) is 4.73. The largest absolute Gasteiger partial charge is 0.388 e. The van der Waals surface area contributed by atoms with E-state index in [0.29, 0.717) is 5.69 Å². The third kappa shape index (κ3) is 4.34. The van der Waals surface area contributed by atoms with Crippen molar-refractivity contribution in [1.29, 1.82) is 0 Å². The zero-order chi connectivity index (χ0) is 9.90. The van der Waals surface area contributed by atoms with Crippen molar-refractivity contribution < 1.29 is 8.42 Å². The van der Waals surface area contributed by atoms with E-state index in [0.717, 1.165) is 11.9 Å². The van der Waals surface area contributed by atoms with E-state index in [9.17, 15) is 8.42 Å². The number of nitrogens with one attached hydrogen (secondary N) is 2. The summed E-state index contributed by atoms with van der Waals surface area (Å²) >= 11 is 0. The quantitative estimate of drug-likeness (QED) is 0.837. The number of benzene rings is 1. The molecule has 6 heteroatoms. The zero-order valence-electron chi connectivity index (χ0n) is 7.94. The second kappa shape index (κ2) is 5.07. The summed E-state index contributed by atoms with van der Waals surface area (Å²) in [5, 5.41) is 2.94. The maximum atomic E-state index is 10.8. The van der Waals surface area contributed by atoms with Gasteiger partial charge in [-0.2, -0.15) is 0 Å². The first-order valence-corrected chi connectivity index (χ1v) is 5.66. The lowest BCUT2D eigenvalue weighted by molar-refractivity contribution is 0.607. The molecule has 0 saturated carbocycles. The van der Waals surface area contributed by atoms with E-state index < -0.39 is 10.0 Å². The summed E-state index contributed by atoms with van der Waals surface area (Å²) in [5.74, 6) is 0. The average molecular weight is 237 g/mol. The lowest BCUT2D eigenvalue weighted by Gasteiger charge is -2.04. The van der Waals surface area contributed by atoms with Gasteiger partial charge in [0.05, 0.1) is 6.26 Å². The van der Waals surface area contributed by atoms with Crippen molar-refractivity contribution in [2.75, 3.05) is 23.3 Å². The van der Waals surface area contributed by atoms with Crippen LogP contribution in [0.15, 0.2) is 24.3 Å². The molecule has 1 aromatic carbocycles. The lowest BCUT2D eigenvalue weighted by Crippen LogP contribution is -2.09. The zero-order valence-corrected chi connectivity index (χ0v) is 9.58. The molecular formula is C8H13ClN2O2S. The minimum absolute atomic E-state index is 0. The maximum absolute atomic E-state index is 10.8. The number of sulfonamides is 1. The number of anilines is 2. The lowest BCUT2D eigenvalue weighted by atomic mass is 10.3. The molecule has 0 heterocycles. The molecule has 0 bridgehead atoms. The summed E-state index contributed by atoms with van der Waals surface area (Å²) in [6.07, 6.45) is 1.12. The molecule has 1 aromatic rings. The maximum Gasteiger partial charge on any atom is 0.229 e. The Bertz CT molecular complexity index is 375. The minimum atomic E-state index is -3.17. The van der Waals surface area contributed by atoms with Crippen LogP contribution < -0.4 is 10.0 Å². The van der Waals surface area contributed by atoms with Gasteiger partial charge in [0.2, 0.25) is 10.0 Å². The smallest absolute Gasteiger partial charge is 0.229 e. The highest BCUT2D eigenvalue weighted by atomic mass is 35.5. The molecule has 0 amide bonds. The van der Waals surface area contributed by atoms with E-state index in [1.807, 2.05) is 0 Å². The first-order chi connectivity index (χ1) is 6.01. The topological polar surface area (TPSA) is 58.2 Å². The van der Waals surface area contributed by atoms with Crippen LogP contribution in [-0.2, 0) is 10.0 Å². The molecule has 0 spiro atoms. The highest BCUT2D eigenvalue weighted by molar-refractivity contribution is 7.92. The Morgan fingerprint density at radius 3 is 1.86 bits per heavy atom. The van der Waals surface area contributed by atoms with Crippen molar-refractivity contribution in [1.82, 2.24) is 0 Å². The van der Waals surface area contributed by atoms with Crippen molar-refractivity contribution >= 4 is 33.8 Å². The van der Waals surface area contributed by atoms with Crippen LogP contribution in [0, 0.1) is 0 Å². The molecule has 0 aliphatic rings. The van der Waals surface area contributed by atoms with Gasteiger partial charge in [0.15, 0.2) is 0 Å². The summed E-state index contributed by atoms with van der Waals surface area (Å²) in [5.41, 5.74) is 1.51. The predicted octanol–water partition coefficient (Wildman–Crippen LogP) is 1.52. The van der Waals surface area contributed by atoms with Gasteiger partial charge in [-0.1, -0.05) is 0 Å². The van der Waals surface area contributed by atoms with Gasteiger partial charge in [0, 0.05) is 18.4 Å². The van der Waals surface area contributed by atoms with Gasteiger partial charge in [0.25, 0.3) is 0 Å². The second-order valence-corrected chi connectivity index (χ2v) is 4.45. The fourth-order valence-corrected chi connectivity index (χ4v) is 1.48. The molecule has 4 nitrogen and oxygen atoms in total. The van der Waals surface area contributed by atoms with Gasteiger partial charge in [-0.15, -0.1) is 12.4 Å². The van der Waals surface area contributed by atoms with E-state index in [1.54, 1.807) is 31.3 Å². The van der Waals surface area contributed by atoms with Crippen LogP contribution in [0.5, 0.6) is 0 Å². The van der Waals surface area contributed by atoms with Gasteiger partial charge in [0.1, 0.15) is 0 Å². The third-order valence-electron chi connectivity index (χ3n) is 1.48. The molecule has 2 N–H and O–H groups in total. The Hall–Kier alpha value is -0.940. The Balaban J connectivity index is 0.00000169. The molecule has 14 heavy (non-hydrogen) atoms. The highest BCUT2D eigenvalue weighted by Gasteiger charge is 2.00.